The van der Waals surface area contributed by atoms with Gasteiger partial charge in [-0.15, -0.1) is 0 Å². The first kappa shape index (κ1) is 22.3. The molecule has 0 radical (unpaired) electrons. The van der Waals surface area contributed by atoms with Crippen LogP contribution in [0.2, 0.25) is 5.15 Å². The quantitative estimate of drug-likeness (QED) is 0.435. The fourth-order valence-electron chi connectivity index (χ4n) is 3.18. The lowest BCUT2D eigenvalue weighted by Crippen LogP contribution is -2.30. The lowest BCUT2D eigenvalue weighted by atomic mass is 10.1. The summed E-state index contributed by atoms with van der Waals surface area (Å²) in [5.74, 6) is -0.435. The van der Waals surface area contributed by atoms with Crippen molar-refractivity contribution < 1.29 is 13.2 Å². The Morgan fingerprint density at radius 3 is 2.38 bits per heavy atom. The average Bonchev–Trinajstić information content (AvgIpc) is 3.52. The highest BCUT2D eigenvalue weighted by Crippen LogP contribution is 2.23. The van der Waals surface area contributed by atoms with Gasteiger partial charge in [0.2, 0.25) is 10.0 Å². The topological polar surface area (TPSA) is 105 Å². The zero-order chi connectivity index (χ0) is 22.9. The fourth-order valence-corrected chi connectivity index (χ4v) is 4.81. The largest absolute Gasteiger partial charge is 0.298 e. The number of nitrogens with zero attached hydrogens (tertiary/aromatic N) is 2. The Bertz CT molecular complexity index is 1230. The van der Waals surface area contributed by atoms with Gasteiger partial charge in [0.15, 0.2) is 0 Å². The minimum atomic E-state index is -3.52. The summed E-state index contributed by atoms with van der Waals surface area (Å²) in [4.78, 5) is 12.9. The Kier molecular flexibility index (Phi) is 6.23. The van der Waals surface area contributed by atoms with Crippen molar-refractivity contribution in [2.45, 2.75) is 44.2 Å². The van der Waals surface area contributed by atoms with Gasteiger partial charge in [0.25, 0.3) is 5.91 Å². The highest BCUT2D eigenvalue weighted by molar-refractivity contribution is 7.89. The summed E-state index contributed by atoms with van der Waals surface area (Å²) >= 11 is 6.44. The molecule has 1 aliphatic rings. The first-order chi connectivity index (χ1) is 15.2. The highest BCUT2D eigenvalue weighted by atomic mass is 35.5. The second-order valence-electron chi connectivity index (χ2n) is 7.89. The van der Waals surface area contributed by atoms with Crippen LogP contribution >= 0.6 is 11.6 Å². The Morgan fingerprint density at radius 1 is 1.09 bits per heavy atom. The number of sulfonamides is 1. The summed E-state index contributed by atoms with van der Waals surface area (Å²) in [6.07, 6.45) is 1.74. The van der Waals surface area contributed by atoms with E-state index < -0.39 is 15.9 Å². The van der Waals surface area contributed by atoms with Gasteiger partial charge < -0.3 is 0 Å². The standard InChI is InChI=1S/C22H24ClN5O3S/c1-14-3-5-16(6-4-14)13-28-21(23)20(15(2)26-28)22(29)25-24-17-9-11-19(12-10-17)32(30,31)27-18-7-8-18/h3-6,9-12,18,24,27H,7-8,13H2,1-2H3,(H,25,29). The van der Waals surface area contributed by atoms with E-state index in [0.29, 0.717) is 17.9 Å². The van der Waals surface area contributed by atoms with Gasteiger partial charge in [-0.2, -0.15) is 5.10 Å². The maximum Gasteiger partial charge on any atom is 0.274 e. The molecule has 4 rings (SSSR count). The van der Waals surface area contributed by atoms with E-state index in [-0.39, 0.29) is 21.7 Å². The van der Waals surface area contributed by atoms with Crippen LogP contribution < -0.4 is 15.6 Å². The number of hydrazine groups is 1. The maximum atomic E-state index is 12.7. The molecule has 1 saturated carbocycles. The molecule has 168 valence electrons. The number of carbonyl (C=O) groups excluding carboxylic acids is 1. The maximum absolute atomic E-state index is 12.7. The van der Waals surface area contributed by atoms with Crippen LogP contribution in [0.4, 0.5) is 5.69 Å². The molecule has 0 atom stereocenters. The molecule has 2 aromatic carbocycles. The Balaban J connectivity index is 1.40. The smallest absolute Gasteiger partial charge is 0.274 e. The van der Waals surface area contributed by atoms with Gasteiger partial charge >= 0.3 is 0 Å². The third-order valence-electron chi connectivity index (χ3n) is 5.13. The summed E-state index contributed by atoms with van der Waals surface area (Å²) in [5.41, 5.74) is 8.88. The number of hydrogen-bond acceptors (Lipinski definition) is 5. The zero-order valence-electron chi connectivity index (χ0n) is 17.7. The summed E-state index contributed by atoms with van der Waals surface area (Å²) in [6.45, 7) is 4.19. The average molecular weight is 474 g/mol. The molecular weight excluding hydrogens is 450 g/mol. The van der Waals surface area contributed by atoms with Crippen molar-refractivity contribution in [3.05, 3.63) is 76.1 Å². The van der Waals surface area contributed by atoms with Crippen LogP contribution in [0.3, 0.4) is 0 Å². The minimum absolute atomic E-state index is 0.0389. The second kappa shape index (κ2) is 8.93. The molecule has 0 unspecified atom stereocenters. The van der Waals surface area contributed by atoms with Crippen LogP contribution in [0.25, 0.3) is 0 Å². The van der Waals surface area contributed by atoms with Gasteiger partial charge in [-0.25, -0.2) is 17.8 Å². The fraction of sp³-hybridized carbons (Fsp3) is 0.273. The van der Waals surface area contributed by atoms with Gasteiger partial charge in [-0.1, -0.05) is 41.4 Å². The molecule has 1 heterocycles. The van der Waals surface area contributed by atoms with Crippen LogP contribution in [0.1, 0.15) is 40.0 Å². The van der Waals surface area contributed by atoms with Gasteiger partial charge in [-0.05, 0) is 56.5 Å². The molecule has 1 fully saturated rings. The van der Waals surface area contributed by atoms with Crippen LogP contribution in [0.15, 0.2) is 53.4 Å². The van der Waals surface area contributed by atoms with E-state index in [0.717, 1.165) is 24.0 Å². The van der Waals surface area contributed by atoms with Crippen molar-refractivity contribution in [3.8, 4) is 0 Å². The monoisotopic (exact) mass is 473 g/mol. The van der Waals surface area contributed by atoms with E-state index >= 15 is 0 Å². The molecule has 0 saturated heterocycles. The molecule has 32 heavy (non-hydrogen) atoms. The Hall–Kier alpha value is -2.88. The lowest BCUT2D eigenvalue weighted by Gasteiger charge is -2.10. The number of amides is 1. The second-order valence-corrected chi connectivity index (χ2v) is 9.97. The summed E-state index contributed by atoms with van der Waals surface area (Å²) in [6, 6.07) is 14.2. The first-order valence-corrected chi connectivity index (χ1v) is 12.1. The molecule has 1 amide bonds. The molecule has 0 bridgehead atoms. The van der Waals surface area contributed by atoms with Gasteiger partial charge in [0.05, 0.1) is 22.8 Å². The van der Waals surface area contributed by atoms with E-state index in [1.807, 2.05) is 31.2 Å². The van der Waals surface area contributed by atoms with E-state index in [2.05, 4.69) is 20.7 Å². The lowest BCUT2D eigenvalue weighted by molar-refractivity contribution is 0.0962. The number of carbonyl (C=O) groups is 1. The van der Waals surface area contributed by atoms with Gasteiger partial charge in [0, 0.05) is 6.04 Å². The number of aromatic nitrogens is 2. The van der Waals surface area contributed by atoms with E-state index in [1.165, 1.54) is 12.1 Å². The summed E-state index contributed by atoms with van der Waals surface area (Å²) in [7, 11) is -3.52. The Labute approximate surface area is 192 Å². The van der Waals surface area contributed by atoms with Crippen LogP contribution in [0.5, 0.6) is 0 Å². The molecule has 8 nitrogen and oxygen atoms in total. The molecule has 1 aliphatic carbocycles. The molecular formula is C22H24ClN5O3S. The van der Waals surface area contributed by atoms with E-state index in [4.69, 9.17) is 11.6 Å². The van der Waals surface area contributed by atoms with Crippen LogP contribution in [0, 0.1) is 13.8 Å². The number of hydrogen-bond donors (Lipinski definition) is 3. The SMILES string of the molecule is Cc1ccc(Cn2nc(C)c(C(=O)NNc3ccc(S(=O)(=O)NC4CC4)cc3)c2Cl)cc1. The van der Waals surface area contributed by atoms with Gasteiger partial charge in [0.1, 0.15) is 10.7 Å². The van der Waals surface area contributed by atoms with Crippen LogP contribution in [-0.4, -0.2) is 30.1 Å². The normalized spacial score (nSPS) is 13.7. The van der Waals surface area contributed by atoms with Crippen molar-refractivity contribution in [2.24, 2.45) is 0 Å². The number of nitrogens with one attached hydrogen (secondary N) is 3. The highest BCUT2D eigenvalue weighted by Gasteiger charge is 2.28. The van der Waals surface area contributed by atoms with Crippen molar-refractivity contribution in [2.75, 3.05) is 5.43 Å². The molecule has 3 N–H and O–H groups in total. The third kappa shape index (κ3) is 5.12. The van der Waals surface area contributed by atoms with Crippen molar-refractivity contribution in [1.29, 1.82) is 0 Å². The molecule has 0 spiro atoms. The zero-order valence-corrected chi connectivity index (χ0v) is 19.3. The first-order valence-electron chi connectivity index (χ1n) is 10.2. The third-order valence-corrected chi connectivity index (χ3v) is 7.05. The molecule has 1 aromatic heterocycles. The number of aryl methyl sites for hydroxylation is 2. The number of anilines is 1. The van der Waals surface area contributed by atoms with Crippen molar-refractivity contribution >= 4 is 33.2 Å². The summed E-state index contributed by atoms with van der Waals surface area (Å²) in [5, 5.41) is 4.64. The minimum Gasteiger partial charge on any atom is -0.298 e. The number of rotatable bonds is 8. The molecule has 3 aromatic rings. The predicted octanol–water partition coefficient (Wildman–Crippen LogP) is 3.40. The van der Waals surface area contributed by atoms with Crippen LogP contribution in [-0.2, 0) is 16.6 Å². The van der Waals surface area contributed by atoms with Crippen molar-refractivity contribution in [3.63, 3.8) is 0 Å². The summed E-state index contributed by atoms with van der Waals surface area (Å²) < 4.78 is 28.7. The molecule has 10 heteroatoms. The number of halogens is 1. The predicted molar refractivity (Wildman–Crippen MR) is 123 cm³/mol. The number of benzene rings is 2. The van der Waals surface area contributed by atoms with Gasteiger partial charge in [-0.3, -0.25) is 15.6 Å². The van der Waals surface area contributed by atoms with E-state index in [1.54, 1.807) is 23.7 Å². The molecule has 0 aliphatic heterocycles. The van der Waals surface area contributed by atoms with E-state index in [9.17, 15) is 13.2 Å². The van der Waals surface area contributed by atoms with Crippen molar-refractivity contribution in [1.82, 2.24) is 19.9 Å². The Morgan fingerprint density at radius 2 is 1.75 bits per heavy atom.